The van der Waals surface area contributed by atoms with Gasteiger partial charge in [0.1, 0.15) is 24.1 Å². The fraction of sp³-hybridized carbons (Fsp3) is 0.200. The summed E-state index contributed by atoms with van der Waals surface area (Å²) in [5.41, 5.74) is 1.52. The first kappa shape index (κ1) is 20.0. The molecule has 0 spiro atoms. The number of halogens is 3. The van der Waals surface area contributed by atoms with Crippen molar-refractivity contribution in [1.82, 2.24) is 9.55 Å². The van der Waals surface area contributed by atoms with Crippen LogP contribution in [0, 0.1) is 25.5 Å². The first-order valence-corrected chi connectivity index (χ1v) is 8.76. The normalized spacial score (nSPS) is 10.9. The molecule has 146 valence electrons. The lowest BCUT2D eigenvalue weighted by Crippen LogP contribution is -2.24. The highest BCUT2D eigenvalue weighted by Crippen LogP contribution is 2.23. The minimum Gasteiger partial charge on any atom is -0.471 e. The average molecular weight is 407 g/mol. The molecule has 1 heterocycles. The van der Waals surface area contributed by atoms with E-state index in [1.807, 2.05) is 6.92 Å². The molecule has 0 aliphatic heterocycles. The van der Waals surface area contributed by atoms with E-state index >= 15 is 0 Å². The minimum atomic E-state index is -0.766. The number of benzene rings is 2. The van der Waals surface area contributed by atoms with Crippen molar-refractivity contribution in [3.63, 3.8) is 0 Å². The maximum atomic E-state index is 13.8. The lowest BCUT2D eigenvalue weighted by Gasteiger charge is -2.16. The van der Waals surface area contributed by atoms with Gasteiger partial charge in [0, 0.05) is 11.6 Å². The van der Waals surface area contributed by atoms with E-state index in [4.69, 9.17) is 16.3 Å². The molecule has 0 aliphatic carbocycles. The second-order valence-corrected chi connectivity index (χ2v) is 6.60. The van der Waals surface area contributed by atoms with Gasteiger partial charge in [0.15, 0.2) is 5.02 Å². The molecule has 3 rings (SSSR count). The summed E-state index contributed by atoms with van der Waals surface area (Å²) in [6.07, 6.45) is 0. The van der Waals surface area contributed by atoms with Crippen molar-refractivity contribution in [2.45, 2.75) is 27.1 Å². The summed E-state index contributed by atoms with van der Waals surface area (Å²) in [7, 11) is 0. The molecule has 8 heteroatoms. The predicted molar refractivity (Wildman–Crippen MR) is 101 cm³/mol. The summed E-state index contributed by atoms with van der Waals surface area (Å²) >= 11 is 6.15. The van der Waals surface area contributed by atoms with Crippen molar-refractivity contribution in [2.24, 2.45) is 0 Å². The molecule has 3 aromatic rings. The van der Waals surface area contributed by atoms with Crippen LogP contribution in [-0.2, 0) is 13.2 Å². The highest BCUT2D eigenvalue weighted by Gasteiger charge is 2.17. The predicted octanol–water partition coefficient (Wildman–Crippen LogP) is 3.85. The fourth-order valence-corrected chi connectivity index (χ4v) is 2.92. The summed E-state index contributed by atoms with van der Waals surface area (Å²) in [4.78, 5) is 17.0. The summed E-state index contributed by atoms with van der Waals surface area (Å²) < 4.78 is 33.5. The van der Waals surface area contributed by atoms with Crippen LogP contribution in [0.4, 0.5) is 8.78 Å². The first-order valence-electron chi connectivity index (χ1n) is 8.38. The van der Waals surface area contributed by atoms with Gasteiger partial charge in [-0.25, -0.2) is 8.78 Å². The smallest absolute Gasteiger partial charge is 0.280 e. The summed E-state index contributed by atoms with van der Waals surface area (Å²) in [6, 6.07) is 8.31. The van der Waals surface area contributed by atoms with Gasteiger partial charge in [-0.3, -0.25) is 9.36 Å². The van der Waals surface area contributed by atoms with Crippen LogP contribution in [0.3, 0.4) is 0 Å². The number of rotatable bonds is 5. The second-order valence-electron chi connectivity index (χ2n) is 6.22. The van der Waals surface area contributed by atoms with E-state index in [1.165, 1.54) is 10.6 Å². The molecular weight excluding hydrogens is 390 g/mol. The Bertz CT molecular complexity index is 1100. The van der Waals surface area contributed by atoms with Crippen LogP contribution in [0.5, 0.6) is 5.88 Å². The van der Waals surface area contributed by atoms with Gasteiger partial charge < -0.3 is 9.84 Å². The van der Waals surface area contributed by atoms with Crippen molar-refractivity contribution in [3.05, 3.63) is 85.9 Å². The monoisotopic (exact) mass is 406 g/mol. The van der Waals surface area contributed by atoms with Crippen molar-refractivity contribution in [3.8, 4) is 11.6 Å². The minimum absolute atomic E-state index is 0.104. The Morgan fingerprint density at radius 1 is 1.18 bits per heavy atom. The van der Waals surface area contributed by atoms with Crippen LogP contribution in [0.2, 0.25) is 5.02 Å². The Morgan fingerprint density at radius 3 is 2.61 bits per heavy atom. The number of ether oxygens (including phenoxy) is 1. The third kappa shape index (κ3) is 3.90. The van der Waals surface area contributed by atoms with Crippen molar-refractivity contribution >= 4 is 11.6 Å². The maximum Gasteiger partial charge on any atom is 0.280 e. The van der Waals surface area contributed by atoms with E-state index < -0.39 is 17.2 Å². The van der Waals surface area contributed by atoms with Crippen molar-refractivity contribution < 1.29 is 18.6 Å². The molecule has 0 unspecified atom stereocenters. The molecule has 1 N–H and O–H groups in total. The van der Waals surface area contributed by atoms with Crippen LogP contribution in [-0.4, -0.2) is 14.7 Å². The van der Waals surface area contributed by atoms with E-state index in [0.29, 0.717) is 17.1 Å². The molecule has 0 atom stereocenters. The molecule has 0 fully saturated rings. The van der Waals surface area contributed by atoms with Gasteiger partial charge in [-0.05, 0) is 43.2 Å². The Labute approximate surface area is 164 Å². The van der Waals surface area contributed by atoms with Gasteiger partial charge in [-0.15, -0.1) is 0 Å². The fourth-order valence-electron chi connectivity index (χ4n) is 2.74. The van der Waals surface area contributed by atoms with Crippen molar-refractivity contribution in [2.75, 3.05) is 0 Å². The summed E-state index contributed by atoms with van der Waals surface area (Å²) in [5.74, 6) is -1.30. The number of aromatic nitrogens is 2. The summed E-state index contributed by atoms with van der Waals surface area (Å²) in [6.45, 7) is 2.99. The van der Waals surface area contributed by atoms with E-state index in [-0.39, 0.29) is 29.7 Å². The van der Waals surface area contributed by atoms with E-state index in [2.05, 4.69) is 4.98 Å². The van der Waals surface area contributed by atoms with Gasteiger partial charge in [0.05, 0.1) is 12.3 Å². The Morgan fingerprint density at radius 2 is 1.93 bits per heavy atom. The third-order valence-corrected chi connectivity index (χ3v) is 4.57. The molecule has 0 radical (unpaired) electrons. The standard InChI is InChI=1S/C20H17ClF2N2O3/c1-11-3-4-13(9-26)7-17(11)25-12(2)24-19(18(21)20(25)27)28-10-14-5-6-15(22)8-16(14)23/h3-8,26H,9-10H2,1-2H3. The molecule has 28 heavy (non-hydrogen) atoms. The molecule has 0 bridgehead atoms. The quantitative estimate of drug-likeness (QED) is 0.699. The molecular formula is C20H17ClF2N2O3. The lowest BCUT2D eigenvalue weighted by molar-refractivity contribution is 0.281. The zero-order valence-corrected chi connectivity index (χ0v) is 15.9. The first-order chi connectivity index (χ1) is 13.3. The van der Waals surface area contributed by atoms with Gasteiger partial charge in [-0.2, -0.15) is 4.98 Å². The highest BCUT2D eigenvalue weighted by atomic mass is 35.5. The zero-order valence-electron chi connectivity index (χ0n) is 15.2. The van der Waals surface area contributed by atoms with Crippen LogP contribution >= 0.6 is 11.6 Å². The van der Waals surface area contributed by atoms with E-state index in [1.54, 1.807) is 25.1 Å². The Balaban J connectivity index is 1.98. The number of hydrogen-bond acceptors (Lipinski definition) is 4. The molecule has 0 aliphatic rings. The Kier molecular flexibility index (Phi) is 5.76. The average Bonchev–Trinajstić information content (AvgIpc) is 2.66. The number of nitrogens with zero attached hydrogens (tertiary/aromatic N) is 2. The molecule has 0 amide bonds. The maximum absolute atomic E-state index is 13.8. The van der Waals surface area contributed by atoms with E-state index in [9.17, 15) is 18.7 Å². The second kappa shape index (κ2) is 8.08. The largest absolute Gasteiger partial charge is 0.471 e. The number of aliphatic hydroxyl groups is 1. The topological polar surface area (TPSA) is 64.3 Å². The van der Waals surface area contributed by atoms with E-state index in [0.717, 1.165) is 17.7 Å². The van der Waals surface area contributed by atoms with Crippen LogP contribution in [0.25, 0.3) is 5.69 Å². The third-order valence-electron chi connectivity index (χ3n) is 4.24. The molecule has 0 saturated heterocycles. The number of aliphatic hydroxyl groups excluding tert-OH is 1. The number of hydrogen-bond donors (Lipinski definition) is 1. The van der Waals surface area contributed by atoms with Crippen LogP contribution < -0.4 is 10.3 Å². The molecule has 2 aromatic carbocycles. The van der Waals surface area contributed by atoms with Gasteiger partial charge in [0.2, 0.25) is 5.88 Å². The Hall–Kier alpha value is -2.77. The van der Waals surface area contributed by atoms with Gasteiger partial charge in [0.25, 0.3) is 5.56 Å². The summed E-state index contributed by atoms with van der Waals surface area (Å²) in [5, 5.41) is 9.09. The van der Waals surface area contributed by atoms with Crippen LogP contribution in [0.1, 0.15) is 22.5 Å². The number of aryl methyl sites for hydroxylation is 2. The van der Waals surface area contributed by atoms with Gasteiger partial charge >= 0.3 is 0 Å². The lowest BCUT2D eigenvalue weighted by atomic mass is 10.1. The zero-order chi connectivity index (χ0) is 20.4. The van der Waals surface area contributed by atoms with Crippen molar-refractivity contribution in [1.29, 1.82) is 0 Å². The van der Waals surface area contributed by atoms with Crippen LogP contribution in [0.15, 0.2) is 41.2 Å². The molecule has 1 aromatic heterocycles. The molecule has 0 saturated carbocycles. The van der Waals surface area contributed by atoms with Gasteiger partial charge in [-0.1, -0.05) is 23.7 Å². The SMILES string of the molecule is Cc1ccc(CO)cc1-n1c(C)nc(OCc2ccc(F)cc2F)c(Cl)c1=O. The highest BCUT2D eigenvalue weighted by molar-refractivity contribution is 6.31. The molecule has 5 nitrogen and oxygen atoms in total.